The van der Waals surface area contributed by atoms with Crippen LogP contribution in [0.1, 0.15) is 5.82 Å². The predicted molar refractivity (Wildman–Crippen MR) is 89.7 cm³/mol. The van der Waals surface area contributed by atoms with Crippen LogP contribution in [-0.4, -0.2) is 34.3 Å². The number of imidazole rings is 1. The molecule has 0 unspecified atom stereocenters. The Morgan fingerprint density at radius 2 is 2.04 bits per heavy atom. The number of fused-ring (bicyclic) bond motifs is 1. The molecular weight excluding hydrogens is 306 g/mol. The lowest BCUT2D eigenvalue weighted by molar-refractivity contribution is 0.771. The van der Waals surface area contributed by atoms with Crippen molar-refractivity contribution < 1.29 is 0 Å². The first-order valence-electron chi connectivity index (χ1n) is 7.32. The minimum absolute atomic E-state index is 0.396. The Balaban J connectivity index is 1.92. The minimum Gasteiger partial charge on any atom is -0.384 e. The quantitative estimate of drug-likeness (QED) is 0.589. The van der Waals surface area contributed by atoms with E-state index < -0.39 is 0 Å². The van der Waals surface area contributed by atoms with Gasteiger partial charge in [0.05, 0.1) is 5.69 Å². The van der Waals surface area contributed by atoms with E-state index in [9.17, 15) is 0 Å². The largest absolute Gasteiger partial charge is 0.384 e. The van der Waals surface area contributed by atoms with Gasteiger partial charge in [-0.2, -0.15) is 10.2 Å². The van der Waals surface area contributed by atoms with Crippen molar-refractivity contribution in [2.45, 2.75) is 6.92 Å². The van der Waals surface area contributed by atoms with Crippen molar-refractivity contribution in [2.75, 3.05) is 11.1 Å². The molecule has 4 aromatic heterocycles. The molecule has 0 spiro atoms. The first kappa shape index (κ1) is 14.1. The van der Waals surface area contributed by atoms with Crippen molar-refractivity contribution in [2.24, 2.45) is 7.05 Å². The summed E-state index contributed by atoms with van der Waals surface area (Å²) in [4.78, 5) is 13.2. The van der Waals surface area contributed by atoms with Crippen LogP contribution in [0.4, 0.5) is 17.5 Å². The monoisotopic (exact) mass is 321 g/mol. The molecule has 0 atom stereocenters. The van der Waals surface area contributed by atoms with Gasteiger partial charge in [0.2, 0.25) is 0 Å². The molecule has 0 aliphatic heterocycles. The molecule has 0 aliphatic carbocycles. The predicted octanol–water partition coefficient (Wildman–Crippen LogP) is 1.55. The fraction of sp³-hybridized carbons (Fsp3) is 0.133. The minimum atomic E-state index is 0.396. The first-order chi connectivity index (χ1) is 11.6. The molecule has 4 rings (SSSR count). The molecule has 24 heavy (non-hydrogen) atoms. The van der Waals surface area contributed by atoms with Crippen molar-refractivity contribution >= 4 is 23.1 Å². The summed E-state index contributed by atoms with van der Waals surface area (Å²) >= 11 is 0. The summed E-state index contributed by atoms with van der Waals surface area (Å²) < 4.78 is 3.43. The van der Waals surface area contributed by atoms with E-state index in [-0.39, 0.29) is 0 Å². The average Bonchev–Trinajstić information content (AvgIpc) is 3.09. The number of aryl methyl sites for hydroxylation is 2. The van der Waals surface area contributed by atoms with E-state index in [0.717, 1.165) is 0 Å². The van der Waals surface area contributed by atoms with Crippen LogP contribution in [0.2, 0.25) is 0 Å². The third-order valence-corrected chi connectivity index (χ3v) is 3.45. The van der Waals surface area contributed by atoms with Crippen LogP contribution in [0.15, 0.2) is 36.7 Å². The molecule has 0 fully saturated rings. The van der Waals surface area contributed by atoms with E-state index in [2.05, 4.69) is 30.5 Å². The third kappa shape index (κ3) is 2.41. The summed E-state index contributed by atoms with van der Waals surface area (Å²) in [6.45, 7) is 1.79. The fourth-order valence-electron chi connectivity index (χ4n) is 2.52. The van der Waals surface area contributed by atoms with E-state index in [1.54, 1.807) is 28.4 Å². The van der Waals surface area contributed by atoms with Gasteiger partial charge in [-0.3, -0.25) is 4.68 Å². The molecule has 3 N–H and O–H groups in total. The highest BCUT2D eigenvalue weighted by atomic mass is 15.3. The Hall–Kier alpha value is -3.49. The normalized spacial score (nSPS) is 11.1. The van der Waals surface area contributed by atoms with Crippen LogP contribution in [0.25, 0.3) is 17.0 Å². The number of hydrogen-bond donors (Lipinski definition) is 2. The number of hydrogen-bond acceptors (Lipinski definition) is 7. The van der Waals surface area contributed by atoms with Crippen LogP contribution in [0.3, 0.4) is 0 Å². The van der Waals surface area contributed by atoms with E-state index >= 15 is 0 Å². The smallest absolute Gasteiger partial charge is 0.162 e. The Kier molecular flexibility index (Phi) is 3.12. The van der Waals surface area contributed by atoms with Crippen LogP contribution >= 0.6 is 0 Å². The molecule has 9 heteroatoms. The van der Waals surface area contributed by atoms with Gasteiger partial charge in [-0.15, -0.1) is 0 Å². The zero-order valence-electron chi connectivity index (χ0n) is 13.2. The van der Waals surface area contributed by atoms with Gasteiger partial charge in [0.1, 0.15) is 17.3 Å². The second kappa shape index (κ2) is 5.30. The number of anilines is 3. The highest BCUT2D eigenvalue weighted by molar-refractivity contribution is 5.77. The molecule has 0 saturated heterocycles. The first-order valence-corrected chi connectivity index (χ1v) is 7.32. The average molecular weight is 321 g/mol. The molecule has 0 saturated carbocycles. The topological polar surface area (TPSA) is 112 Å². The number of nitrogens with zero attached hydrogens (tertiary/aromatic N) is 7. The summed E-state index contributed by atoms with van der Waals surface area (Å²) in [5.41, 5.74) is 7.92. The number of aromatic nitrogens is 7. The zero-order chi connectivity index (χ0) is 16.7. The van der Waals surface area contributed by atoms with Crippen molar-refractivity contribution in [1.29, 1.82) is 0 Å². The number of nitrogens with one attached hydrogen (secondary N) is 1. The van der Waals surface area contributed by atoms with Crippen LogP contribution in [-0.2, 0) is 7.05 Å². The number of rotatable bonds is 3. The van der Waals surface area contributed by atoms with Crippen molar-refractivity contribution in [1.82, 2.24) is 34.3 Å². The van der Waals surface area contributed by atoms with Crippen LogP contribution in [0, 0.1) is 6.92 Å². The Bertz CT molecular complexity index is 1010. The lowest BCUT2D eigenvalue weighted by Crippen LogP contribution is -2.02. The second-order valence-corrected chi connectivity index (χ2v) is 5.33. The molecule has 120 valence electrons. The second-order valence-electron chi connectivity index (χ2n) is 5.33. The maximum atomic E-state index is 5.88. The Labute approximate surface area is 137 Å². The summed E-state index contributed by atoms with van der Waals surface area (Å²) in [6, 6.07) is 7.27. The molecule has 4 aromatic rings. The molecule has 0 amide bonds. The summed E-state index contributed by atoms with van der Waals surface area (Å²) in [5, 5.41) is 11.9. The highest BCUT2D eigenvalue weighted by Gasteiger charge is 2.18. The van der Waals surface area contributed by atoms with Crippen molar-refractivity contribution in [3.8, 4) is 11.4 Å². The maximum absolute atomic E-state index is 5.88. The fourth-order valence-corrected chi connectivity index (χ4v) is 2.52. The number of nitrogens with two attached hydrogens (primary N) is 1. The molecule has 0 radical (unpaired) electrons. The molecule has 0 bridgehead atoms. The van der Waals surface area contributed by atoms with Crippen molar-refractivity contribution in [3.05, 3.63) is 42.5 Å². The van der Waals surface area contributed by atoms with E-state index in [1.165, 1.54) is 0 Å². The lowest BCUT2D eigenvalue weighted by atomic mass is 10.3. The van der Waals surface area contributed by atoms with Gasteiger partial charge in [-0.05, 0) is 19.1 Å². The van der Waals surface area contributed by atoms with E-state index in [0.29, 0.717) is 40.3 Å². The van der Waals surface area contributed by atoms with Crippen molar-refractivity contribution in [3.63, 3.8) is 0 Å². The van der Waals surface area contributed by atoms with Gasteiger partial charge in [0.15, 0.2) is 17.3 Å². The summed E-state index contributed by atoms with van der Waals surface area (Å²) in [7, 11) is 1.85. The Morgan fingerprint density at radius 1 is 1.17 bits per heavy atom. The van der Waals surface area contributed by atoms with E-state index in [4.69, 9.17) is 5.73 Å². The van der Waals surface area contributed by atoms with Gasteiger partial charge < -0.3 is 11.1 Å². The van der Waals surface area contributed by atoms with Gasteiger partial charge in [0, 0.05) is 31.6 Å². The highest BCUT2D eigenvalue weighted by Crippen LogP contribution is 2.29. The standard InChI is InChI=1S/C15H15N9/c1-9-18-10(8-11(16)19-9)14-15(20-12-5-7-23(2)22-12)21-13-4-3-6-17-24(13)14/h3-8H,1-2H3,(H,20,22)(H2,16,18,19). The van der Waals surface area contributed by atoms with Gasteiger partial charge in [-0.25, -0.2) is 19.5 Å². The van der Waals surface area contributed by atoms with Gasteiger partial charge >= 0.3 is 0 Å². The zero-order valence-corrected chi connectivity index (χ0v) is 13.2. The summed E-state index contributed by atoms with van der Waals surface area (Å²) in [6.07, 6.45) is 3.54. The van der Waals surface area contributed by atoms with Crippen LogP contribution < -0.4 is 11.1 Å². The maximum Gasteiger partial charge on any atom is 0.162 e. The van der Waals surface area contributed by atoms with E-state index in [1.807, 2.05) is 31.4 Å². The molecule has 4 heterocycles. The molecular formula is C15H15N9. The number of nitrogen functional groups attached to an aromatic ring is 1. The SMILES string of the molecule is Cc1nc(N)cc(-c2c(Nc3ccn(C)n3)nc3cccnn23)n1. The van der Waals surface area contributed by atoms with Gasteiger partial charge in [-0.1, -0.05) is 0 Å². The Morgan fingerprint density at radius 3 is 2.79 bits per heavy atom. The molecule has 9 nitrogen and oxygen atoms in total. The van der Waals surface area contributed by atoms with Gasteiger partial charge in [0.25, 0.3) is 0 Å². The molecule has 0 aromatic carbocycles. The molecule has 0 aliphatic rings. The third-order valence-electron chi connectivity index (χ3n) is 3.45. The van der Waals surface area contributed by atoms with Crippen LogP contribution in [0.5, 0.6) is 0 Å². The lowest BCUT2D eigenvalue weighted by Gasteiger charge is -2.06. The summed E-state index contributed by atoms with van der Waals surface area (Å²) in [5.74, 6) is 2.26.